The third kappa shape index (κ3) is 2.23. The first kappa shape index (κ1) is 10.9. The van der Waals surface area contributed by atoms with Crippen molar-refractivity contribution in [1.82, 2.24) is 4.98 Å². The molecule has 0 spiro atoms. The topological polar surface area (TPSA) is 26.0 Å². The summed E-state index contributed by atoms with van der Waals surface area (Å²) in [6, 6.07) is 12.0. The Kier molecular flexibility index (Phi) is 2.91. The SMILES string of the molecule is Brc1ccc(Sc2nccc3occc23)cc1. The molecule has 0 unspecified atom stereocenters. The molecule has 0 aliphatic rings. The first-order valence-electron chi connectivity index (χ1n) is 5.08. The Morgan fingerprint density at radius 1 is 1.06 bits per heavy atom. The number of halogens is 1. The number of rotatable bonds is 2. The summed E-state index contributed by atoms with van der Waals surface area (Å²) in [6.07, 6.45) is 3.46. The maximum atomic E-state index is 5.35. The lowest BCUT2D eigenvalue weighted by atomic mass is 10.3. The minimum absolute atomic E-state index is 0.875. The summed E-state index contributed by atoms with van der Waals surface area (Å²) >= 11 is 5.06. The van der Waals surface area contributed by atoms with E-state index in [9.17, 15) is 0 Å². The molecule has 0 saturated heterocycles. The number of furan rings is 1. The van der Waals surface area contributed by atoms with Crippen molar-refractivity contribution in [3.8, 4) is 0 Å². The molecule has 17 heavy (non-hydrogen) atoms. The number of pyridine rings is 1. The van der Waals surface area contributed by atoms with Gasteiger partial charge in [0.25, 0.3) is 0 Å². The summed E-state index contributed by atoms with van der Waals surface area (Å²) < 4.78 is 6.43. The second-order valence-electron chi connectivity index (χ2n) is 3.50. The fourth-order valence-electron chi connectivity index (χ4n) is 1.56. The number of nitrogens with zero attached hydrogens (tertiary/aromatic N) is 1. The predicted molar refractivity (Wildman–Crippen MR) is 72.3 cm³/mol. The average molecular weight is 306 g/mol. The quantitative estimate of drug-likeness (QED) is 0.684. The summed E-state index contributed by atoms with van der Waals surface area (Å²) in [6.45, 7) is 0. The molecule has 2 nitrogen and oxygen atoms in total. The van der Waals surface area contributed by atoms with Crippen LogP contribution in [-0.4, -0.2) is 4.98 Å². The molecule has 84 valence electrons. The highest BCUT2D eigenvalue weighted by Gasteiger charge is 2.06. The zero-order chi connectivity index (χ0) is 11.7. The molecule has 2 aromatic heterocycles. The van der Waals surface area contributed by atoms with Crippen LogP contribution < -0.4 is 0 Å². The Labute approximate surface area is 111 Å². The third-order valence-corrected chi connectivity index (χ3v) is 3.93. The van der Waals surface area contributed by atoms with Gasteiger partial charge in [-0.15, -0.1) is 0 Å². The van der Waals surface area contributed by atoms with E-state index in [1.165, 1.54) is 0 Å². The summed E-state index contributed by atoms with van der Waals surface area (Å²) in [4.78, 5) is 5.55. The molecule has 0 bridgehead atoms. The summed E-state index contributed by atoms with van der Waals surface area (Å²) in [5.74, 6) is 0. The number of hydrogen-bond donors (Lipinski definition) is 0. The molecule has 4 heteroatoms. The van der Waals surface area contributed by atoms with Crippen LogP contribution in [0.5, 0.6) is 0 Å². The number of fused-ring (bicyclic) bond motifs is 1. The van der Waals surface area contributed by atoms with Gasteiger partial charge in [0.05, 0.1) is 11.6 Å². The first-order chi connectivity index (χ1) is 8.33. The standard InChI is InChI=1S/C13H8BrNOS/c14-9-1-3-10(4-2-9)17-13-11-6-8-16-12(11)5-7-15-13/h1-8H. The van der Waals surface area contributed by atoms with Crippen molar-refractivity contribution >= 4 is 38.7 Å². The largest absolute Gasteiger partial charge is 0.464 e. The Morgan fingerprint density at radius 2 is 1.88 bits per heavy atom. The monoisotopic (exact) mass is 305 g/mol. The minimum atomic E-state index is 0.875. The molecule has 3 aromatic rings. The molecule has 2 heterocycles. The lowest BCUT2D eigenvalue weighted by Gasteiger charge is -2.01. The van der Waals surface area contributed by atoms with Crippen LogP contribution in [0, 0.1) is 0 Å². The van der Waals surface area contributed by atoms with E-state index < -0.39 is 0 Å². The summed E-state index contributed by atoms with van der Waals surface area (Å²) in [5, 5.41) is 2.03. The van der Waals surface area contributed by atoms with E-state index in [0.29, 0.717) is 0 Å². The molecule has 1 aromatic carbocycles. The lowest BCUT2D eigenvalue weighted by Crippen LogP contribution is -1.80. The number of hydrogen-bond acceptors (Lipinski definition) is 3. The maximum Gasteiger partial charge on any atom is 0.138 e. The van der Waals surface area contributed by atoms with E-state index in [-0.39, 0.29) is 0 Å². The van der Waals surface area contributed by atoms with E-state index in [1.807, 2.05) is 24.3 Å². The van der Waals surface area contributed by atoms with Gasteiger partial charge < -0.3 is 4.42 Å². The average Bonchev–Trinajstić information content (AvgIpc) is 2.81. The highest BCUT2D eigenvalue weighted by Crippen LogP contribution is 2.32. The van der Waals surface area contributed by atoms with Crippen LogP contribution in [0.15, 0.2) is 67.7 Å². The van der Waals surface area contributed by atoms with Gasteiger partial charge >= 0.3 is 0 Å². The summed E-state index contributed by atoms with van der Waals surface area (Å²) in [7, 11) is 0. The highest BCUT2D eigenvalue weighted by molar-refractivity contribution is 9.10. The van der Waals surface area contributed by atoms with Gasteiger partial charge in [0.1, 0.15) is 10.6 Å². The molecule has 0 fully saturated rings. The summed E-state index contributed by atoms with van der Waals surface area (Å²) in [5.41, 5.74) is 0.875. The van der Waals surface area contributed by atoms with Gasteiger partial charge in [0, 0.05) is 15.6 Å². The van der Waals surface area contributed by atoms with Gasteiger partial charge in [0.2, 0.25) is 0 Å². The molecule has 3 rings (SSSR count). The molecular weight excluding hydrogens is 298 g/mol. The first-order valence-corrected chi connectivity index (χ1v) is 6.69. The molecular formula is C13H8BrNOS. The van der Waals surface area contributed by atoms with Crippen LogP contribution in [0.3, 0.4) is 0 Å². The van der Waals surface area contributed by atoms with Crippen LogP contribution in [0.2, 0.25) is 0 Å². The van der Waals surface area contributed by atoms with Crippen LogP contribution in [-0.2, 0) is 0 Å². The van der Waals surface area contributed by atoms with E-state index in [2.05, 4.69) is 33.0 Å². The van der Waals surface area contributed by atoms with Crippen LogP contribution in [0.25, 0.3) is 11.0 Å². The number of aromatic nitrogens is 1. The van der Waals surface area contributed by atoms with Crippen molar-refractivity contribution in [1.29, 1.82) is 0 Å². The Balaban J connectivity index is 1.99. The minimum Gasteiger partial charge on any atom is -0.464 e. The lowest BCUT2D eigenvalue weighted by molar-refractivity contribution is 0.615. The zero-order valence-electron chi connectivity index (χ0n) is 8.76. The maximum absolute atomic E-state index is 5.35. The third-order valence-electron chi connectivity index (χ3n) is 2.37. The van der Waals surface area contributed by atoms with Crippen LogP contribution in [0.1, 0.15) is 0 Å². The molecule has 0 atom stereocenters. The predicted octanol–water partition coefficient (Wildman–Crippen LogP) is 4.74. The van der Waals surface area contributed by atoms with Crippen LogP contribution >= 0.6 is 27.7 Å². The fraction of sp³-hybridized carbons (Fsp3) is 0. The zero-order valence-corrected chi connectivity index (χ0v) is 11.2. The Bertz CT molecular complexity index is 648. The normalized spacial score (nSPS) is 10.9. The van der Waals surface area contributed by atoms with Gasteiger partial charge in [-0.25, -0.2) is 4.98 Å². The van der Waals surface area contributed by atoms with Crippen LogP contribution in [0.4, 0.5) is 0 Å². The number of benzene rings is 1. The van der Waals surface area contributed by atoms with E-state index in [1.54, 1.807) is 24.2 Å². The van der Waals surface area contributed by atoms with Crippen molar-refractivity contribution < 1.29 is 4.42 Å². The molecule has 0 aliphatic carbocycles. The van der Waals surface area contributed by atoms with Gasteiger partial charge in [0.15, 0.2) is 0 Å². The van der Waals surface area contributed by atoms with Gasteiger partial charge in [-0.3, -0.25) is 0 Å². The molecule has 0 N–H and O–H groups in total. The van der Waals surface area contributed by atoms with Gasteiger partial charge in [-0.05, 0) is 36.4 Å². The molecule has 0 aliphatic heterocycles. The van der Waals surface area contributed by atoms with Gasteiger partial charge in [-0.1, -0.05) is 27.7 Å². The Morgan fingerprint density at radius 3 is 2.71 bits per heavy atom. The fourth-order valence-corrected chi connectivity index (χ4v) is 2.72. The van der Waals surface area contributed by atoms with E-state index in [0.717, 1.165) is 25.4 Å². The molecule has 0 radical (unpaired) electrons. The van der Waals surface area contributed by atoms with E-state index >= 15 is 0 Å². The molecule has 0 amide bonds. The Hall–Kier alpha value is -1.26. The second-order valence-corrected chi connectivity index (χ2v) is 5.48. The van der Waals surface area contributed by atoms with Crippen molar-refractivity contribution in [2.45, 2.75) is 9.92 Å². The van der Waals surface area contributed by atoms with Gasteiger partial charge in [-0.2, -0.15) is 0 Å². The van der Waals surface area contributed by atoms with Crippen molar-refractivity contribution in [2.24, 2.45) is 0 Å². The van der Waals surface area contributed by atoms with Crippen molar-refractivity contribution in [2.75, 3.05) is 0 Å². The van der Waals surface area contributed by atoms with Crippen molar-refractivity contribution in [3.05, 3.63) is 53.3 Å². The smallest absolute Gasteiger partial charge is 0.138 e. The second kappa shape index (κ2) is 4.55. The van der Waals surface area contributed by atoms with Crippen molar-refractivity contribution in [3.63, 3.8) is 0 Å². The molecule has 0 saturated carbocycles. The van der Waals surface area contributed by atoms with E-state index in [4.69, 9.17) is 4.42 Å². The highest BCUT2D eigenvalue weighted by atomic mass is 79.9.